The molecule has 1 aromatic heterocycles. The average Bonchev–Trinajstić information content (AvgIpc) is 2.80. The van der Waals surface area contributed by atoms with Crippen LogP contribution >= 0.6 is 11.6 Å². The number of hydrogen-bond donors (Lipinski definition) is 1. The summed E-state index contributed by atoms with van der Waals surface area (Å²) in [7, 11) is 0. The molecule has 0 radical (unpaired) electrons. The summed E-state index contributed by atoms with van der Waals surface area (Å²) in [6.45, 7) is 5.45. The Bertz CT molecular complexity index is 1140. The normalized spacial score (nSPS) is 13.6. The molecule has 7 heteroatoms. The molecule has 1 fully saturated rings. The van der Waals surface area contributed by atoms with E-state index in [0.29, 0.717) is 27.8 Å². The van der Waals surface area contributed by atoms with Crippen LogP contribution in [0.1, 0.15) is 24.8 Å². The maximum atomic E-state index is 14.2. The van der Waals surface area contributed by atoms with Gasteiger partial charge in [0.2, 0.25) is 5.95 Å². The molecule has 1 N–H and O–H groups in total. The van der Waals surface area contributed by atoms with E-state index in [1.165, 1.54) is 24.6 Å². The molecule has 1 saturated heterocycles. The van der Waals surface area contributed by atoms with Crippen LogP contribution in [0.3, 0.4) is 0 Å². The van der Waals surface area contributed by atoms with Crippen LogP contribution < -0.4 is 10.2 Å². The molecule has 0 atom stereocenters. The largest absolute Gasteiger partial charge is 0.370 e. The SMILES string of the molecule is C=CC(=O)Cc1cc(F)cc(-c2ccnc(Nc3ccc(Cl)c(N4CCCCC4)c3)n2)c1. The second-order valence-electron chi connectivity index (χ2n) is 7.80. The molecule has 164 valence electrons. The minimum atomic E-state index is -0.425. The molecule has 1 aliphatic rings. The number of benzene rings is 2. The molecule has 32 heavy (non-hydrogen) atoms. The van der Waals surface area contributed by atoms with Crippen LogP contribution in [0.15, 0.2) is 61.3 Å². The number of nitrogens with one attached hydrogen (secondary N) is 1. The Morgan fingerprint density at radius 1 is 1.16 bits per heavy atom. The summed E-state index contributed by atoms with van der Waals surface area (Å²) in [4.78, 5) is 22.8. The second kappa shape index (κ2) is 9.92. The lowest BCUT2D eigenvalue weighted by molar-refractivity contribution is -0.114. The highest BCUT2D eigenvalue weighted by Crippen LogP contribution is 2.32. The highest BCUT2D eigenvalue weighted by atomic mass is 35.5. The van der Waals surface area contributed by atoms with Gasteiger partial charge >= 0.3 is 0 Å². The summed E-state index contributed by atoms with van der Waals surface area (Å²) in [5, 5.41) is 3.94. The number of ketones is 1. The van der Waals surface area contributed by atoms with Crippen LogP contribution in [0.2, 0.25) is 5.02 Å². The first-order valence-electron chi connectivity index (χ1n) is 10.6. The number of aromatic nitrogens is 2. The number of rotatable bonds is 7. The lowest BCUT2D eigenvalue weighted by Gasteiger charge is -2.30. The Morgan fingerprint density at radius 2 is 1.97 bits per heavy atom. The maximum Gasteiger partial charge on any atom is 0.227 e. The van der Waals surface area contributed by atoms with Crippen molar-refractivity contribution in [3.63, 3.8) is 0 Å². The van der Waals surface area contributed by atoms with E-state index in [-0.39, 0.29) is 12.2 Å². The van der Waals surface area contributed by atoms with Crippen molar-refractivity contribution < 1.29 is 9.18 Å². The average molecular weight is 451 g/mol. The molecule has 3 aromatic rings. The number of piperidine rings is 1. The molecule has 2 aromatic carbocycles. The van der Waals surface area contributed by atoms with Gasteiger partial charge in [0.05, 0.1) is 16.4 Å². The van der Waals surface area contributed by atoms with E-state index in [4.69, 9.17) is 11.6 Å². The monoisotopic (exact) mass is 450 g/mol. The minimum Gasteiger partial charge on any atom is -0.370 e. The first-order chi connectivity index (χ1) is 15.5. The Kier molecular flexibility index (Phi) is 6.81. The number of allylic oxidation sites excluding steroid dienone is 1. The lowest BCUT2D eigenvalue weighted by Crippen LogP contribution is -2.29. The molecular formula is C25H24ClFN4O. The van der Waals surface area contributed by atoms with Crippen LogP contribution in [0, 0.1) is 5.82 Å². The van der Waals surface area contributed by atoms with E-state index in [1.54, 1.807) is 18.3 Å². The van der Waals surface area contributed by atoms with Crippen molar-refractivity contribution in [1.29, 1.82) is 0 Å². The molecule has 0 unspecified atom stereocenters. The van der Waals surface area contributed by atoms with Gasteiger partial charge in [-0.05, 0) is 73.4 Å². The summed E-state index contributed by atoms with van der Waals surface area (Å²) in [6.07, 6.45) is 6.51. The fourth-order valence-corrected chi connectivity index (χ4v) is 4.09. The first-order valence-corrected chi connectivity index (χ1v) is 11.0. The van der Waals surface area contributed by atoms with E-state index in [0.717, 1.165) is 37.3 Å². The van der Waals surface area contributed by atoms with E-state index >= 15 is 0 Å². The van der Waals surface area contributed by atoms with Gasteiger partial charge in [-0.2, -0.15) is 0 Å². The molecule has 0 saturated carbocycles. The number of carbonyl (C=O) groups is 1. The predicted octanol–water partition coefficient (Wildman–Crippen LogP) is 5.97. The van der Waals surface area contributed by atoms with E-state index in [2.05, 4.69) is 26.8 Å². The fraction of sp³-hybridized carbons (Fsp3) is 0.240. The van der Waals surface area contributed by atoms with Gasteiger partial charge in [0.25, 0.3) is 0 Å². The van der Waals surface area contributed by atoms with Gasteiger partial charge in [-0.25, -0.2) is 14.4 Å². The van der Waals surface area contributed by atoms with Crippen molar-refractivity contribution in [2.75, 3.05) is 23.3 Å². The van der Waals surface area contributed by atoms with Crippen LogP contribution in [0.25, 0.3) is 11.3 Å². The summed E-state index contributed by atoms with van der Waals surface area (Å²) in [5.74, 6) is -0.201. The summed E-state index contributed by atoms with van der Waals surface area (Å²) < 4.78 is 14.2. The van der Waals surface area contributed by atoms with Gasteiger partial charge < -0.3 is 10.2 Å². The Morgan fingerprint density at radius 3 is 2.75 bits per heavy atom. The maximum absolute atomic E-state index is 14.2. The molecule has 4 rings (SSSR count). The predicted molar refractivity (Wildman–Crippen MR) is 127 cm³/mol. The quantitative estimate of drug-likeness (QED) is 0.449. The summed E-state index contributed by atoms with van der Waals surface area (Å²) in [5.41, 5.74) is 3.52. The molecule has 0 bridgehead atoms. The van der Waals surface area contributed by atoms with Crippen molar-refractivity contribution in [3.05, 3.63) is 77.7 Å². The van der Waals surface area contributed by atoms with Crippen molar-refractivity contribution in [2.45, 2.75) is 25.7 Å². The molecule has 2 heterocycles. The standard InChI is InChI=1S/C25H24ClFN4O/c1-2-21(32)14-17-12-18(15-19(27)13-17)23-8-9-28-25(30-23)29-20-6-7-22(26)24(16-20)31-10-4-3-5-11-31/h2,6-9,12-13,15-16H,1,3-5,10-11,14H2,(H,28,29,30). The smallest absolute Gasteiger partial charge is 0.227 e. The fourth-order valence-electron chi connectivity index (χ4n) is 3.85. The third kappa shape index (κ3) is 5.32. The third-order valence-corrected chi connectivity index (χ3v) is 5.73. The molecule has 0 spiro atoms. The van der Waals surface area contributed by atoms with Crippen molar-refractivity contribution in [2.24, 2.45) is 0 Å². The van der Waals surface area contributed by atoms with Crippen LogP contribution in [-0.2, 0) is 11.2 Å². The summed E-state index contributed by atoms with van der Waals surface area (Å²) >= 11 is 6.45. The van der Waals surface area contributed by atoms with Crippen molar-refractivity contribution in [3.8, 4) is 11.3 Å². The van der Waals surface area contributed by atoms with Crippen LogP contribution in [0.4, 0.5) is 21.7 Å². The van der Waals surface area contributed by atoms with E-state index in [9.17, 15) is 9.18 Å². The zero-order valence-corrected chi connectivity index (χ0v) is 18.4. The highest BCUT2D eigenvalue weighted by Gasteiger charge is 2.15. The van der Waals surface area contributed by atoms with Gasteiger partial charge in [0.1, 0.15) is 5.82 Å². The third-order valence-electron chi connectivity index (χ3n) is 5.41. The molecular weight excluding hydrogens is 427 g/mol. The Hall–Kier alpha value is -3.25. The van der Waals surface area contributed by atoms with E-state index < -0.39 is 5.82 Å². The van der Waals surface area contributed by atoms with Crippen LogP contribution in [-0.4, -0.2) is 28.8 Å². The molecule has 0 amide bonds. The number of hydrogen-bond acceptors (Lipinski definition) is 5. The lowest BCUT2D eigenvalue weighted by atomic mass is 10.0. The number of nitrogens with zero attached hydrogens (tertiary/aromatic N) is 3. The van der Waals surface area contributed by atoms with E-state index in [1.807, 2.05) is 18.2 Å². The second-order valence-corrected chi connectivity index (χ2v) is 8.21. The zero-order chi connectivity index (χ0) is 22.5. The van der Waals surface area contributed by atoms with Gasteiger partial charge in [-0.1, -0.05) is 18.2 Å². The molecule has 1 aliphatic heterocycles. The topological polar surface area (TPSA) is 58.1 Å². The molecule has 5 nitrogen and oxygen atoms in total. The Balaban J connectivity index is 1.58. The zero-order valence-electron chi connectivity index (χ0n) is 17.7. The molecule has 0 aliphatic carbocycles. The van der Waals surface area contributed by atoms with Crippen molar-refractivity contribution >= 4 is 34.7 Å². The van der Waals surface area contributed by atoms with Gasteiger partial charge in [-0.15, -0.1) is 0 Å². The number of carbonyl (C=O) groups excluding carboxylic acids is 1. The number of halogens is 2. The number of anilines is 3. The highest BCUT2D eigenvalue weighted by molar-refractivity contribution is 6.33. The first kappa shape index (κ1) is 22.0. The Labute approximate surface area is 192 Å². The van der Waals surface area contributed by atoms with Gasteiger partial charge in [0.15, 0.2) is 5.78 Å². The minimum absolute atomic E-state index is 0.0918. The van der Waals surface area contributed by atoms with Gasteiger partial charge in [0, 0.05) is 37.0 Å². The summed E-state index contributed by atoms with van der Waals surface area (Å²) in [6, 6.07) is 12.0. The van der Waals surface area contributed by atoms with Crippen molar-refractivity contribution in [1.82, 2.24) is 9.97 Å². The van der Waals surface area contributed by atoms with Gasteiger partial charge in [-0.3, -0.25) is 4.79 Å². The van der Waals surface area contributed by atoms with Crippen LogP contribution in [0.5, 0.6) is 0 Å².